The van der Waals surface area contributed by atoms with Crippen molar-refractivity contribution in [2.24, 2.45) is 0 Å². The molecular weight excluding hydrogens is 952 g/mol. The lowest BCUT2D eigenvalue weighted by Gasteiger charge is -2.19. The van der Waals surface area contributed by atoms with Crippen LogP contribution in [0.5, 0.6) is 11.5 Å². The van der Waals surface area contributed by atoms with Crippen molar-refractivity contribution < 1.29 is 9.47 Å². The van der Waals surface area contributed by atoms with Crippen molar-refractivity contribution >= 4 is 74.9 Å². The van der Waals surface area contributed by atoms with Gasteiger partial charge in [0.25, 0.3) is 0 Å². The van der Waals surface area contributed by atoms with Gasteiger partial charge in [0.2, 0.25) is 0 Å². The Bertz CT molecular complexity index is 1720. The van der Waals surface area contributed by atoms with E-state index in [2.05, 4.69) is 191 Å². The number of hydrogen-bond donors (Lipinski definition) is 0. The van der Waals surface area contributed by atoms with Gasteiger partial charge in [-0.15, -0.1) is 0 Å². The highest BCUT2D eigenvalue weighted by Gasteiger charge is 2.16. The zero-order chi connectivity index (χ0) is 41.1. The van der Waals surface area contributed by atoms with Gasteiger partial charge in [-0.3, -0.25) is 0 Å². The fourth-order valence-electron chi connectivity index (χ4n) is 6.11. The largest absolute Gasteiger partial charge is 0.492 e. The zero-order valence-corrected chi connectivity index (χ0v) is 41.3. The summed E-state index contributed by atoms with van der Waals surface area (Å²) < 4.78 is 14.7. The van der Waals surface area contributed by atoms with Crippen LogP contribution < -0.4 is 9.47 Å². The Labute approximate surface area is 374 Å². The number of rotatable bonds is 18. The SMILES string of the molecule is CCCCCCCCOc1cc(C#CC(=C(Br)Br)c2ccc(C(C)(C)C)cc2)c(OCCCCCCCC)cc1C#CC(=C(Br)Br)c1ccc(C(C)(C)C)cc1. The van der Waals surface area contributed by atoms with E-state index in [0.29, 0.717) is 24.7 Å². The summed E-state index contributed by atoms with van der Waals surface area (Å²) >= 11 is 14.7. The van der Waals surface area contributed by atoms with Crippen molar-refractivity contribution in [3.05, 3.63) is 101 Å². The van der Waals surface area contributed by atoms with Crippen LogP contribution in [-0.2, 0) is 10.8 Å². The highest BCUT2D eigenvalue weighted by Crippen LogP contribution is 2.34. The predicted octanol–water partition coefficient (Wildman–Crippen LogP) is 16.8. The Morgan fingerprint density at radius 1 is 0.482 bits per heavy atom. The van der Waals surface area contributed by atoms with Crippen LogP contribution in [0, 0.1) is 23.7 Å². The lowest BCUT2D eigenvalue weighted by atomic mass is 9.86. The number of halogens is 4. The van der Waals surface area contributed by atoms with E-state index in [1.165, 1.54) is 62.5 Å². The number of ether oxygens (including phenoxy) is 2. The van der Waals surface area contributed by atoms with Crippen LogP contribution >= 0.6 is 63.7 Å². The second-order valence-electron chi connectivity index (χ2n) is 16.5. The van der Waals surface area contributed by atoms with Gasteiger partial charge in [-0.1, -0.05) is 192 Å². The normalized spacial score (nSPS) is 11.2. The van der Waals surface area contributed by atoms with Crippen molar-refractivity contribution in [3.8, 4) is 35.2 Å². The van der Waals surface area contributed by atoms with Gasteiger partial charge in [0.05, 0.1) is 42.3 Å². The second kappa shape index (κ2) is 24.6. The Balaban J connectivity index is 2.11. The first-order valence-electron chi connectivity index (χ1n) is 20.5. The third kappa shape index (κ3) is 16.6. The molecule has 3 rings (SSSR count). The molecule has 0 bridgehead atoms. The van der Waals surface area contributed by atoms with E-state index in [0.717, 1.165) is 65.9 Å². The molecule has 0 aromatic heterocycles. The summed E-state index contributed by atoms with van der Waals surface area (Å²) in [6.45, 7) is 19.1. The van der Waals surface area contributed by atoms with E-state index in [1.54, 1.807) is 0 Å². The average Bonchev–Trinajstić information content (AvgIpc) is 3.14. The Morgan fingerprint density at radius 3 is 1.11 bits per heavy atom. The predicted molar refractivity (Wildman–Crippen MR) is 258 cm³/mol. The molecule has 0 spiro atoms. The van der Waals surface area contributed by atoms with Crippen molar-refractivity contribution in [1.82, 2.24) is 0 Å². The van der Waals surface area contributed by atoms with E-state index in [-0.39, 0.29) is 10.8 Å². The standard InChI is InChI=1S/C50H62Br4O2/c1-9-11-13-15-17-19-33-55-45-35-40(26-32-44(48(53)54)38-23-29-42(30-24-38)50(6,7)8)46(56-34-20-18-16-14-12-10-2)36-39(45)25-31-43(47(51)52)37-21-27-41(28-22-37)49(3,4)5/h21-24,27-30,35-36H,9-20,33-34H2,1-8H3. The molecule has 0 fully saturated rings. The van der Waals surface area contributed by atoms with Gasteiger partial charge < -0.3 is 9.47 Å². The van der Waals surface area contributed by atoms with Crippen LogP contribution in [0.25, 0.3) is 11.1 Å². The topological polar surface area (TPSA) is 18.5 Å². The Kier molecular flexibility index (Phi) is 21.2. The van der Waals surface area contributed by atoms with Crippen LogP contribution in [0.1, 0.15) is 166 Å². The quantitative estimate of drug-likeness (QED) is 0.0934. The van der Waals surface area contributed by atoms with Crippen LogP contribution in [0.2, 0.25) is 0 Å². The molecule has 56 heavy (non-hydrogen) atoms. The smallest absolute Gasteiger partial charge is 0.136 e. The average molecular weight is 1010 g/mol. The Morgan fingerprint density at radius 2 is 0.804 bits per heavy atom. The highest BCUT2D eigenvalue weighted by atomic mass is 79.9. The van der Waals surface area contributed by atoms with Crippen molar-refractivity contribution in [3.63, 3.8) is 0 Å². The third-order valence-electron chi connectivity index (χ3n) is 9.69. The van der Waals surface area contributed by atoms with E-state index < -0.39 is 0 Å². The maximum Gasteiger partial charge on any atom is 0.136 e. The van der Waals surface area contributed by atoms with Gasteiger partial charge in [-0.2, -0.15) is 0 Å². The van der Waals surface area contributed by atoms with E-state index in [9.17, 15) is 0 Å². The van der Waals surface area contributed by atoms with Crippen molar-refractivity contribution in [2.45, 2.75) is 143 Å². The van der Waals surface area contributed by atoms with E-state index >= 15 is 0 Å². The molecule has 0 aliphatic rings. The molecule has 302 valence electrons. The maximum atomic E-state index is 6.56. The van der Waals surface area contributed by atoms with E-state index in [1.807, 2.05) is 12.1 Å². The monoisotopic (exact) mass is 1010 g/mol. The minimum atomic E-state index is 0.0660. The molecule has 2 nitrogen and oxygen atoms in total. The van der Waals surface area contributed by atoms with Gasteiger partial charge in [0.1, 0.15) is 11.5 Å². The summed E-state index contributed by atoms with van der Waals surface area (Å²) in [6.07, 6.45) is 14.3. The first kappa shape index (κ1) is 48.2. The van der Waals surface area contributed by atoms with Gasteiger partial charge in [0.15, 0.2) is 0 Å². The zero-order valence-electron chi connectivity index (χ0n) is 35.0. The van der Waals surface area contributed by atoms with Gasteiger partial charge >= 0.3 is 0 Å². The molecule has 0 aliphatic carbocycles. The number of allylic oxidation sites excluding steroid dienone is 2. The van der Waals surface area contributed by atoms with Crippen LogP contribution in [0.4, 0.5) is 0 Å². The maximum absolute atomic E-state index is 6.56. The molecule has 0 saturated carbocycles. The van der Waals surface area contributed by atoms with Gasteiger partial charge in [-0.25, -0.2) is 0 Å². The molecule has 3 aromatic carbocycles. The highest BCUT2D eigenvalue weighted by molar-refractivity contribution is 9.28. The number of benzene rings is 3. The summed E-state index contributed by atoms with van der Waals surface area (Å²) in [5.41, 5.74) is 8.02. The van der Waals surface area contributed by atoms with Gasteiger partial charge in [-0.05, 0) is 110 Å². The Hall–Kier alpha value is -2.22. The lowest BCUT2D eigenvalue weighted by Crippen LogP contribution is -2.10. The molecule has 6 heteroatoms. The molecule has 0 saturated heterocycles. The molecule has 0 radical (unpaired) electrons. The minimum absolute atomic E-state index is 0.0660. The number of hydrogen-bond acceptors (Lipinski definition) is 2. The summed E-state index contributed by atoms with van der Waals surface area (Å²) in [5.74, 6) is 15.3. The van der Waals surface area contributed by atoms with Crippen molar-refractivity contribution in [2.75, 3.05) is 13.2 Å². The summed E-state index contributed by atoms with van der Waals surface area (Å²) in [4.78, 5) is 0. The molecular formula is C50H62Br4O2. The first-order valence-corrected chi connectivity index (χ1v) is 23.6. The molecule has 0 amide bonds. The summed E-state index contributed by atoms with van der Waals surface area (Å²) in [7, 11) is 0. The summed E-state index contributed by atoms with van der Waals surface area (Å²) in [5, 5.41) is 0. The fraction of sp³-hybridized carbons (Fsp3) is 0.480. The second-order valence-corrected chi connectivity index (χ2v) is 21.8. The molecule has 0 unspecified atom stereocenters. The fourth-order valence-corrected chi connectivity index (χ4v) is 7.43. The molecule has 0 heterocycles. The molecule has 0 aliphatic heterocycles. The minimum Gasteiger partial charge on any atom is -0.492 e. The van der Waals surface area contributed by atoms with Gasteiger partial charge in [0, 0.05) is 12.1 Å². The molecule has 0 N–H and O–H groups in total. The first-order chi connectivity index (χ1) is 26.6. The van der Waals surface area contributed by atoms with E-state index in [4.69, 9.17) is 9.47 Å². The molecule has 0 atom stereocenters. The van der Waals surface area contributed by atoms with Crippen LogP contribution in [0.15, 0.2) is 67.4 Å². The lowest BCUT2D eigenvalue weighted by molar-refractivity contribution is 0.295. The number of unbranched alkanes of at least 4 members (excludes halogenated alkanes) is 10. The third-order valence-corrected chi connectivity index (χ3v) is 11.3. The van der Waals surface area contributed by atoms with Crippen LogP contribution in [-0.4, -0.2) is 13.2 Å². The molecule has 3 aromatic rings. The summed E-state index contributed by atoms with van der Waals surface area (Å²) in [6, 6.07) is 21.3. The van der Waals surface area contributed by atoms with Crippen LogP contribution in [0.3, 0.4) is 0 Å². The van der Waals surface area contributed by atoms with Crippen molar-refractivity contribution in [1.29, 1.82) is 0 Å².